The second kappa shape index (κ2) is 7.83. The number of hydrogen-bond donors (Lipinski definition) is 2. The maximum atomic E-state index is 12.0. The lowest BCUT2D eigenvalue weighted by Gasteiger charge is -2.07. The molecular formula is C16H17NO3S. The minimum Gasteiger partial charge on any atom is -0.348 e. The number of benzene rings is 2. The van der Waals surface area contributed by atoms with E-state index in [-0.39, 0.29) is 5.91 Å². The fourth-order valence-electron chi connectivity index (χ4n) is 1.78. The Morgan fingerprint density at radius 3 is 2.29 bits per heavy atom. The van der Waals surface area contributed by atoms with E-state index in [9.17, 15) is 4.79 Å². The molecule has 0 aliphatic rings. The molecular weight excluding hydrogens is 286 g/mol. The average Bonchev–Trinajstić information content (AvgIpc) is 2.52. The lowest BCUT2D eigenvalue weighted by Crippen LogP contribution is -2.22. The van der Waals surface area contributed by atoms with Crippen LogP contribution in [0.1, 0.15) is 21.5 Å². The van der Waals surface area contributed by atoms with Crippen LogP contribution in [0.15, 0.2) is 53.4 Å². The van der Waals surface area contributed by atoms with Gasteiger partial charge in [-0.1, -0.05) is 24.3 Å². The van der Waals surface area contributed by atoms with Crippen molar-refractivity contribution in [3.63, 3.8) is 0 Å². The Kier molecular flexibility index (Phi) is 5.80. The number of hydrogen-bond acceptors (Lipinski definition) is 4. The van der Waals surface area contributed by atoms with Crippen molar-refractivity contribution in [2.45, 2.75) is 18.0 Å². The SMILES string of the molecule is COOCc1ccc(CNC(=O)c2ccc(S)cc2)cc1. The van der Waals surface area contributed by atoms with Crippen molar-refractivity contribution < 1.29 is 14.6 Å². The van der Waals surface area contributed by atoms with Gasteiger partial charge in [-0.05, 0) is 35.4 Å². The third kappa shape index (κ3) is 4.90. The van der Waals surface area contributed by atoms with E-state index in [1.165, 1.54) is 7.11 Å². The lowest BCUT2D eigenvalue weighted by atomic mass is 10.1. The van der Waals surface area contributed by atoms with Gasteiger partial charge in [-0.3, -0.25) is 4.79 Å². The van der Waals surface area contributed by atoms with Crippen molar-refractivity contribution in [2.24, 2.45) is 0 Å². The van der Waals surface area contributed by atoms with E-state index in [4.69, 9.17) is 4.89 Å². The van der Waals surface area contributed by atoms with Crippen LogP contribution in [-0.2, 0) is 22.9 Å². The maximum absolute atomic E-state index is 12.0. The Bertz CT molecular complexity index is 581. The van der Waals surface area contributed by atoms with Crippen LogP contribution >= 0.6 is 12.6 Å². The molecule has 0 saturated heterocycles. The Balaban J connectivity index is 1.87. The van der Waals surface area contributed by atoms with Gasteiger partial charge in [0.2, 0.25) is 0 Å². The average molecular weight is 303 g/mol. The number of thiol groups is 1. The van der Waals surface area contributed by atoms with Crippen LogP contribution in [0.3, 0.4) is 0 Å². The molecule has 0 heterocycles. The molecule has 1 amide bonds. The second-order valence-corrected chi connectivity index (χ2v) is 4.99. The fourth-order valence-corrected chi connectivity index (χ4v) is 1.93. The topological polar surface area (TPSA) is 47.6 Å². The van der Waals surface area contributed by atoms with E-state index >= 15 is 0 Å². The Morgan fingerprint density at radius 1 is 1.05 bits per heavy atom. The summed E-state index contributed by atoms with van der Waals surface area (Å²) in [5, 5.41) is 2.88. The highest BCUT2D eigenvalue weighted by atomic mass is 32.1. The molecule has 0 spiro atoms. The largest absolute Gasteiger partial charge is 0.348 e. The van der Waals surface area contributed by atoms with Crippen molar-refractivity contribution in [2.75, 3.05) is 7.11 Å². The molecule has 0 radical (unpaired) electrons. The molecule has 0 fully saturated rings. The second-order valence-electron chi connectivity index (χ2n) is 4.47. The van der Waals surface area contributed by atoms with Gasteiger partial charge >= 0.3 is 0 Å². The molecule has 5 heteroatoms. The fraction of sp³-hybridized carbons (Fsp3) is 0.188. The van der Waals surface area contributed by atoms with Crippen LogP contribution in [0.5, 0.6) is 0 Å². The van der Waals surface area contributed by atoms with Crippen LogP contribution in [0.2, 0.25) is 0 Å². The highest BCUT2D eigenvalue weighted by molar-refractivity contribution is 7.80. The molecule has 0 aliphatic heterocycles. The van der Waals surface area contributed by atoms with Crippen molar-refractivity contribution in [3.8, 4) is 0 Å². The molecule has 2 aromatic rings. The summed E-state index contributed by atoms with van der Waals surface area (Å²) in [5.74, 6) is -0.102. The molecule has 0 saturated carbocycles. The highest BCUT2D eigenvalue weighted by Crippen LogP contribution is 2.09. The van der Waals surface area contributed by atoms with Gasteiger partial charge in [0.1, 0.15) is 6.61 Å². The molecule has 0 unspecified atom stereocenters. The van der Waals surface area contributed by atoms with Crippen LogP contribution in [0.25, 0.3) is 0 Å². The van der Waals surface area contributed by atoms with Crippen LogP contribution in [0.4, 0.5) is 0 Å². The summed E-state index contributed by atoms with van der Waals surface area (Å²) in [6.07, 6.45) is 0. The van der Waals surface area contributed by atoms with E-state index in [0.717, 1.165) is 16.0 Å². The zero-order valence-electron chi connectivity index (χ0n) is 11.7. The van der Waals surface area contributed by atoms with E-state index in [2.05, 4.69) is 22.8 Å². The third-order valence-electron chi connectivity index (χ3n) is 2.95. The lowest BCUT2D eigenvalue weighted by molar-refractivity contribution is -0.282. The van der Waals surface area contributed by atoms with Gasteiger partial charge < -0.3 is 5.32 Å². The molecule has 4 nitrogen and oxygen atoms in total. The van der Waals surface area contributed by atoms with Crippen LogP contribution in [0, 0.1) is 0 Å². The summed E-state index contributed by atoms with van der Waals surface area (Å²) in [6.45, 7) is 0.881. The number of nitrogens with one attached hydrogen (secondary N) is 1. The van der Waals surface area contributed by atoms with E-state index < -0.39 is 0 Å². The summed E-state index contributed by atoms with van der Waals surface area (Å²) in [7, 11) is 1.48. The predicted molar refractivity (Wildman–Crippen MR) is 83.1 cm³/mol. The van der Waals surface area contributed by atoms with Crippen molar-refractivity contribution in [1.29, 1.82) is 0 Å². The monoisotopic (exact) mass is 303 g/mol. The Labute approximate surface area is 129 Å². The van der Waals surface area contributed by atoms with Crippen molar-refractivity contribution >= 4 is 18.5 Å². The molecule has 0 atom stereocenters. The van der Waals surface area contributed by atoms with Crippen LogP contribution in [-0.4, -0.2) is 13.0 Å². The van der Waals surface area contributed by atoms with Gasteiger partial charge in [0.25, 0.3) is 5.91 Å². The van der Waals surface area contributed by atoms with Gasteiger partial charge in [-0.15, -0.1) is 12.6 Å². The molecule has 0 bridgehead atoms. The Morgan fingerprint density at radius 2 is 1.67 bits per heavy atom. The van der Waals surface area contributed by atoms with E-state index in [1.807, 2.05) is 24.3 Å². The first kappa shape index (κ1) is 15.6. The summed E-state index contributed by atoms with van der Waals surface area (Å²) in [5.41, 5.74) is 2.66. The summed E-state index contributed by atoms with van der Waals surface area (Å²) >= 11 is 4.19. The number of amides is 1. The number of carbonyl (C=O) groups excluding carboxylic acids is 1. The first-order chi connectivity index (χ1) is 10.2. The van der Waals surface area contributed by atoms with Crippen molar-refractivity contribution in [1.82, 2.24) is 5.32 Å². The number of rotatable bonds is 6. The standard InChI is InChI=1S/C16H17NO3S/c1-19-20-11-13-4-2-12(3-5-13)10-17-16(18)14-6-8-15(21)9-7-14/h2-9,21H,10-11H2,1H3,(H,17,18). The van der Waals surface area contributed by atoms with E-state index in [1.54, 1.807) is 24.3 Å². The van der Waals surface area contributed by atoms with Gasteiger partial charge in [-0.25, -0.2) is 9.78 Å². The summed E-state index contributed by atoms with van der Waals surface area (Å²) in [4.78, 5) is 22.2. The van der Waals surface area contributed by atoms with Crippen molar-refractivity contribution in [3.05, 3.63) is 65.2 Å². The minimum atomic E-state index is -0.102. The highest BCUT2D eigenvalue weighted by Gasteiger charge is 2.04. The van der Waals surface area contributed by atoms with Gasteiger partial charge in [-0.2, -0.15) is 0 Å². The molecule has 21 heavy (non-hydrogen) atoms. The first-order valence-electron chi connectivity index (χ1n) is 6.49. The van der Waals surface area contributed by atoms with Gasteiger partial charge in [0, 0.05) is 17.0 Å². The number of carbonyl (C=O) groups is 1. The minimum absolute atomic E-state index is 0.102. The maximum Gasteiger partial charge on any atom is 0.251 e. The summed E-state index contributed by atoms with van der Waals surface area (Å²) in [6, 6.07) is 14.9. The molecule has 2 rings (SSSR count). The Hall–Kier alpha value is -1.82. The molecule has 0 aliphatic carbocycles. The summed E-state index contributed by atoms with van der Waals surface area (Å²) < 4.78 is 0. The molecule has 2 aromatic carbocycles. The van der Waals surface area contributed by atoms with Gasteiger partial charge in [0.15, 0.2) is 0 Å². The normalized spacial score (nSPS) is 10.4. The van der Waals surface area contributed by atoms with Crippen LogP contribution < -0.4 is 5.32 Å². The first-order valence-corrected chi connectivity index (χ1v) is 6.94. The predicted octanol–water partition coefficient (Wildman–Crippen LogP) is 2.98. The molecule has 1 N–H and O–H groups in total. The quantitative estimate of drug-likeness (QED) is 0.490. The molecule has 0 aromatic heterocycles. The smallest absolute Gasteiger partial charge is 0.251 e. The zero-order valence-corrected chi connectivity index (χ0v) is 12.6. The van der Waals surface area contributed by atoms with Gasteiger partial charge in [0.05, 0.1) is 7.11 Å². The zero-order chi connectivity index (χ0) is 15.1. The molecule has 110 valence electrons. The third-order valence-corrected chi connectivity index (χ3v) is 3.25. The van der Waals surface area contributed by atoms with E-state index in [0.29, 0.717) is 18.7 Å².